The predicted molar refractivity (Wildman–Crippen MR) is 133 cm³/mol. The van der Waals surface area contributed by atoms with Gasteiger partial charge in [0.25, 0.3) is 0 Å². The number of nitriles is 1. The Labute approximate surface area is 200 Å². The SMILES string of the molecule is N#Cc1c(C2=C\CCC\C=C(CNC(CF)CF)/C=N\2)n(CC2CC2)c2cc(C3CC3)ccc12. The zero-order valence-corrected chi connectivity index (χ0v) is 19.6. The van der Waals surface area contributed by atoms with Gasteiger partial charge in [0.1, 0.15) is 19.4 Å². The van der Waals surface area contributed by atoms with Crippen molar-refractivity contribution in [1.82, 2.24) is 9.88 Å². The van der Waals surface area contributed by atoms with Crippen molar-refractivity contribution in [2.75, 3.05) is 19.9 Å². The van der Waals surface area contributed by atoms with Gasteiger partial charge in [-0.3, -0.25) is 4.99 Å². The van der Waals surface area contributed by atoms with Gasteiger partial charge in [-0.25, -0.2) is 8.78 Å². The number of fused-ring (bicyclic) bond motifs is 1. The fourth-order valence-electron chi connectivity index (χ4n) is 4.75. The number of halogens is 2. The van der Waals surface area contributed by atoms with Gasteiger partial charge >= 0.3 is 0 Å². The Balaban J connectivity index is 1.53. The fourth-order valence-corrected chi connectivity index (χ4v) is 4.75. The number of nitrogens with one attached hydrogen (secondary N) is 1. The summed E-state index contributed by atoms with van der Waals surface area (Å²) in [5.41, 5.74) is 5.86. The van der Waals surface area contributed by atoms with Gasteiger partial charge in [-0.1, -0.05) is 24.3 Å². The third-order valence-electron chi connectivity index (χ3n) is 7.12. The number of hydrogen-bond donors (Lipinski definition) is 1. The van der Waals surface area contributed by atoms with Crippen molar-refractivity contribution in [3.63, 3.8) is 0 Å². The molecule has 178 valence electrons. The van der Waals surface area contributed by atoms with Gasteiger partial charge < -0.3 is 9.88 Å². The molecule has 3 aliphatic rings. The van der Waals surface area contributed by atoms with Crippen LogP contribution in [0.2, 0.25) is 0 Å². The van der Waals surface area contributed by atoms with E-state index in [1.807, 2.05) is 0 Å². The van der Waals surface area contributed by atoms with Crippen molar-refractivity contribution in [3.05, 3.63) is 52.7 Å². The van der Waals surface area contributed by atoms with Crippen LogP contribution in [0.4, 0.5) is 8.78 Å². The van der Waals surface area contributed by atoms with E-state index < -0.39 is 19.4 Å². The summed E-state index contributed by atoms with van der Waals surface area (Å²) in [5, 5.41) is 14.1. The molecule has 2 aliphatic carbocycles. The highest BCUT2D eigenvalue weighted by Gasteiger charge is 2.29. The summed E-state index contributed by atoms with van der Waals surface area (Å²) in [6.45, 7) is -0.187. The Morgan fingerprint density at radius 3 is 2.62 bits per heavy atom. The van der Waals surface area contributed by atoms with Crippen molar-refractivity contribution in [3.8, 4) is 6.07 Å². The van der Waals surface area contributed by atoms with Gasteiger partial charge in [0.15, 0.2) is 0 Å². The molecule has 2 heterocycles. The molecule has 6 heteroatoms. The first-order valence-electron chi connectivity index (χ1n) is 12.6. The van der Waals surface area contributed by atoms with E-state index in [1.54, 1.807) is 6.21 Å². The molecule has 4 nitrogen and oxygen atoms in total. The molecule has 0 atom stereocenters. The molecular formula is C28H32F2N4. The average Bonchev–Trinajstić information content (AvgIpc) is 3.79. The summed E-state index contributed by atoms with van der Waals surface area (Å²) in [6.07, 6.45) is 13.7. The first-order chi connectivity index (χ1) is 16.7. The molecule has 5 rings (SSSR count). The van der Waals surface area contributed by atoms with Crippen LogP contribution in [-0.4, -0.2) is 36.7 Å². The topological polar surface area (TPSA) is 53.1 Å². The van der Waals surface area contributed by atoms with Crippen LogP contribution < -0.4 is 5.32 Å². The van der Waals surface area contributed by atoms with Gasteiger partial charge in [-0.15, -0.1) is 0 Å². The predicted octanol–water partition coefficient (Wildman–Crippen LogP) is 6.22. The molecule has 0 bridgehead atoms. The van der Waals surface area contributed by atoms with Crippen LogP contribution in [0.1, 0.15) is 67.7 Å². The minimum absolute atomic E-state index is 0.371. The minimum Gasteiger partial charge on any atom is -0.338 e. The van der Waals surface area contributed by atoms with Crippen LogP contribution in [0.5, 0.6) is 0 Å². The first kappa shape index (κ1) is 23.0. The normalized spacial score (nSPS) is 22.9. The summed E-state index contributed by atoms with van der Waals surface area (Å²) in [4.78, 5) is 4.85. The Morgan fingerprint density at radius 1 is 1.12 bits per heavy atom. The van der Waals surface area contributed by atoms with Gasteiger partial charge in [0.2, 0.25) is 0 Å². The van der Waals surface area contributed by atoms with E-state index in [9.17, 15) is 14.0 Å². The Kier molecular flexibility index (Phi) is 6.92. The monoisotopic (exact) mass is 462 g/mol. The van der Waals surface area contributed by atoms with Crippen molar-refractivity contribution in [1.29, 1.82) is 5.26 Å². The van der Waals surface area contributed by atoms with Crippen molar-refractivity contribution >= 4 is 22.8 Å². The summed E-state index contributed by atoms with van der Waals surface area (Å²) in [7, 11) is 0. The number of nitrogens with zero attached hydrogens (tertiary/aromatic N) is 3. The number of alkyl halides is 2. The van der Waals surface area contributed by atoms with Crippen molar-refractivity contribution < 1.29 is 8.78 Å². The zero-order valence-electron chi connectivity index (χ0n) is 19.6. The lowest BCUT2D eigenvalue weighted by Gasteiger charge is -2.13. The zero-order chi connectivity index (χ0) is 23.5. The summed E-state index contributed by atoms with van der Waals surface area (Å²) in [6, 6.07) is 8.30. The van der Waals surface area contributed by atoms with Crippen LogP contribution in [0.15, 0.2) is 40.9 Å². The molecule has 2 fully saturated rings. The quantitative estimate of drug-likeness (QED) is 0.481. The molecule has 0 saturated heterocycles. The highest BCUT2D eigenvalue weighted by molar-refractivity contribution is 5.95. The van der Waals surface area contributed by atoms with Crippen LogP contribution in [-0.2, 0) is 6.54 Å². The molecular weight excluding hydrogens is 430 g/mol. The lowest BCUT2D eigenvalue weighted by Crippen LogP contribution is -2.34. The van der Waals surface area contributed by atoms with Crippen molar-refractivity contribution in [2.24, 2.45) is 10.9 Å². The van der Waals surface area contributed by atoms with Crippen LogP contribution in [0.3, 0.4) is 0 Å². The number of allylic oxidation sites excluding steroid dienone is 2. The van der Waals surface area contributed by atoms with Gasteiger partial charge in [0, 0.05) is 24.7 Å². The largest absolute Gasteiger partial charge is 0.338 e. The number of aliphatic imine (C=N–C) groups is 1. The second kappa shape index (κ2) is 10.2. The molecule has 2 saturated carbocycles. The molecule has 1 N–H and O–H groups in total. The molecule has 0 radical (unpaired) electrons. The number of benzene rings is 1. The van der Waals surface area contributed by atoms with E-state index >= 15 is 0 Å². The van der Waals surface area contributed by atoms with E-state index in [1.165, 1.54) is 31.2 Å². The van der Waals surface area contributed by atoms with Crippen molar-refractivity contribution in [2.45, 2.75) is 63.5 Å². The number of hydrogen-bond acceptors (Lipinski definition) is 3. The van der Waals surface area contributed by atoms with Gasteiger partial charge in [-0.2, -0.15) is 5.26 Å². The van der Waals surface area contributed by atoms with E-state index in [0.717, 1.165) is 53.7 Å². The van der Waals surface area contributed by atoms with Gasteiger partial charge in [0.05, 0.1) is 28.5 Å². The third-order valence-corrected chi connectivity index (χ3v) is 7.12. The maximum absolute atomic E-state index is 12.9. The van der Waals surface area contributed by atoms with E-state index in [4.69, 9.17) is 4.99 Å². The molecule has 0 amide bonds. The second-order valence-electron chi connectivity index (χ2n) is 9.88. The molecule has 1 aliphatic heterocycles. The molecule has 0 spiro atoms. The Hall–Kier alpha value is -2.78. The lowest BCUT2D eigenvalue weighted by atomic mass is 10.1. The molecule has 1 aromatic carbocycles. The maximum Gasteiger partial charge on any atom is 0.107 e. The van der Waals surface area contributed by atoms with Crippen LogP contribution in [0, 0.1) is 17.2 Å². The smallest absolute Gasteiger partial charge is 0.107 e. The summed E-state index contributed by atoms with van der Waals surface area (Å²) in [5.74, 6) is 1.31. The minimum atomic E-state index is -0.788. The number of rotatable bonds is 9. The Morgan fingerprint density at radius 2 is 1.91 bits per heavy atom. The Bertz CT molecular complexity index is 1170. The highest BCUT2D eigenvalue weighted by atomic mass is 19.1. The average molecular weight is 463 g/mol. The third kappa shape index (κ3) is 5.00. The molecule has 2 aromatic rings. The summed E-state index contributed by atoms with van der Waals surface area (Å²) >= 11 is 0. The molecule has 34 heavy (non-hydrogen) atoms. The van der Waals surface area contributed by atoms with E-state index in [0.29, 0.717) is 23.9 Å². The van der Waals surface area contributed by atoms with Gasteiger partial charge in [-0.05, 0) is 74.0 Å². The van der Waals surface area contributed by atoms with E-state index in [-0.39, 0.29) is 0 Å². The molecule has 0 unspecified atom stereocenters. The van der Waals surface area contributed by atoms with E-state index in [2.05, 4.69) is 46.3 Å². The fraction of sp³-hybridized carbons (Fsp3) is 0.500. The lowest BCUT2D eigenvalue weighted by molar-refractivity contribution is 0.314. The maximum atomic E-state index is 12.9. The van der Waals surface area contributed by atoms with Crippen LogP contribution in [0.25, 0.3) is 16.6 Å². The highest BCUT2D eigenvalue weighted by Crippen LogP contribution is 2.43. The second-order valence-corrected chi connectivity index (χ2v) is 9.88. The van der Waals surface area contributed by atoms with Crippen LogP contribution >= 0.6 is 0 Å². The standard InChI is InChI=1S/C28H32F2N4/c29-13-23(14-30)32-16-20-4-2-1-3-5-26(33-17-20)28-25(15-31)24-11-10-22(21-8-9-21)12-27(24)34(28)18-19-6-7-19/h4-5,10-12,17,19,21,23,32H,1-3,6-9,13-14,16,18H2/b20-4-,26-5+,33-17-. The number of aromatic nitrogens is 1. The summed E-state index contributed by atoms with van der Waals surface area (Å²) < 4.78 is 28.2. The molecule has 1 aromatic heterocycles. The first-order valence-corrected chi connectivity index (χ1v) is 12.6.